The predicted molar refractivity (Wildman–Crippen MR) is 71.7 cm³/mol. The number of hydrogen-bond acceptors (Lipinski definition) is 1. The van der Waals surface area contributed by atoms with Crippen LogP contribution in [-0.4, -0.2) is 5.11 Å². The van der Waals surface area contributed by atoms with Crippen molar-refractivity contribution in [3.63, 3.8) is 0 Å². The number of rotatable bonds is 1. The third kappa shape index (κ3) is 2.66. The molecule has 1 N–H and O–H groups in total. The van der Waals surface area contributed by atoms with Crippen LogP contribution in [0.5, 0.6) is 0 Å². The Labute approximate surface area is 113 Å². The van der Waals surface area contributed by atoms with Gasteiger partial charge in [0.15, 0.2) is 0 Å². The Morgan fingerprint density at radius 2 is 1.89 bits per heavy atom. The van der Waals surface area contributed by atoms with Crippen molar-refractivity contribution in [2.45, 2.75) is 52.1 Å². The third-order valence-electron chi connectivity index (χ3n) is 4.32. The van der Waals surface area contributed by atoms with Crippen LogP contribution < -0.4 is 0 Å². The summed E-state index contributed by atoms with van der Waals surface area (Å²) in [6.07, 6.45) is 3.21. The van der Waals surface area contributed by atoms with Crippen molar-refractivity contribution in [3.05, 3.63) is 35.4 Å². The Hall–Kier alpha value is -0.960. The maximum absolute atomic E-state index is 14.0. The van der Waals surface area contributed by atoms with E-state index in [2.05, 4.69) is 0 Å². The van der Waals surface area contributed by atoms with Crippen molar-refractivity contribution in [2.24, 2.45) is 11.3 Å². The quantitative estimate of drug-likeness (QED) is 0.801. The maximum Gasteiger partial charge on any atom is 0.129 e. The van der Waals surface area contributed by atoms with E-state index in [1.54, 1.807) is 0 Å². The minimum Gasteiger partial charge on any atom is -0.385 e. The fourth-order valence-electron chi connectivity index (χ4n) is 3.46. The van der Waals surface area contributed by atoms with Crippen LogP contribution in [0.15, 0.2) is 18.2 Å². The highest BCUT2D eigenvalue weighted by atomic mass is 19.1. The van der Waals surface area contributed by atoms with Gasteiger partial charge in [-0.25, -0.2) is 8.78 Å². The fourth-order valence-corrected chi connectivity index (χ4v) is 3.46. The van der Waals surface area contributed by atoms with E-state index in [1.165, 1.54) is 0 Å². The minimum absolute atomic E-state index is 0.0648. The number of halogens is 2. The normalized spacial score (nSPS) is 28.4. The molecule has 2 unspecified atom stereocenters. The van der Waals surface area contributed by atoms with Crippen molar-refractivity contribution >= 4 is 0 Å². The summed E-state index contributed by atoms with van der Waals surface area (Å²) < 4.78 is 27.5. The van der Waals surface area contributed by atoms with Gasteiger partial charge in [0.05, 0.1) is 5.60 Å². The zero-order valence-electron chi connectivity index (χ0n) is 11.8. The van der Waals surface area contributed by atoms with Gasteiger partial charge in [-0.05, 0) is 42.4 Å². The molecule has 1 fully saturated rings. The van der Waals surface area contributed by atoms with Gasteiger partial charge in [-0.1, -0.05) is 33.6 Å². The Morgan fingerprint density at radius 1 is 1.21 bits per heavy atom. The second-order valence-electron chi connectivity index (χ2n) is 6.71. The minimum atomic E-state index is -1.26. The highest BCUT2D eigenvalue weighted by Crippen LogP contribution is 2.50. The topological polar surface area (TPSA) is 20.2 Å². The van der Waals surface area contributed by atoms with E-state index < -0.39 is 17.2 Å². The smallest absolute Gasteiger partial charge is 0.129 e. The van der Waals surface area contributed by atoms with E-state index >= 15 is 0 Å². The highest BCUT2D eigenvalue weighted by Gasteiger charge is 2.47. The Morgan fingerprint density at radius 3 is 2.53 bits per heavy atom. The van der Waals surface area contributed by atoms with Gasteiger partial charge in [-0.3, -0.25) is 0 Å². The summed E-state index contributed by atoms with van der Waals surface area (Å²) in [6, 6.07) is 3.35. The Balaban J connectivity index is 2.51. The molecule has 106 valence electrons. The van der Waals surface area contributed by atoms with E-state index in [0.29, 0.717) is 6.42 Å². The molecule has 0 aliphatic heterocycles. The van der Waals surface area contributed by atoms with Crippen molar-refractivity contribution in [1.82, 2.24) is 0 Å². The maximum atomic E-state index is 14.0. The average molecular weight is 268 g/mol. The third-order valence-corrected chi connectivity index (χ3v) is 4.32. The van der Waals surface area contributed by atoms with Crippen molar-refractivity contribution in [2.75, 3.05) is 0 Å². The lowest BCUT2D eigenvalue weighted by Gasteiger charge is -2.47. The van der Waals surface area contributed by atoms with Gasteiger partial charge in [0, 0.05) is 5.56 Å². The molecule has 0 radical (unpaired) electrons. The molecule has 2 rings (SSSR count). The van der Waals surface area contributed by atoms with Crippen molar-refractivity contribution in [3.8, 4) is 0 Å². The van der Waals surface area contributed by atoms with Gasteiger partial charge < -0.3 is 5.11 Å². The first kappa shape index (κ1) is 14.4. The van der Waals surface area contributed by atoms with Gasteiger partial charge in [-0.2, -0.15) is 0 Å². The molecular weight excluding hydrogens is 246 g/mol. The first-order valence-corrected chi connectivity index (χ1v) is 6.93. The number of hydrogen-bond donors (Lipinski definition) is 1. The molecule has 0 amide bonds. The van der Waals surface area contributed by atoms with Crippen LogP contribution in [0.25, 0.3) is 0 Å². The molecule has 2 atom stereocenters. The molecule has 0 saturated heterocycles. The Bertz CT molecular complexity index is 464. The monoisotopic (exact) mass is 268 g/mol. The molecule has 1 nitrogen and oxygen atoms in total. The average Bonchev–Trinajstić information content (AvgIpc) is 2.31. The van der Waals surface area contributed by atoms with E-state index in [-0.39, 0.29) is 16.9 Å². The van der Waals surface area contributed by atoms with Crippen molar-refractivity contribution in [1.29, 1.82) is 0 Å². The molecule has 3 heteroatoms. The predicted octanol–water partition coefficient (Wildman–Crippen LogP) is 4.39. The van der Waals surface area contributed by atoms with E-state index in [4.69, 9.17) is 0 Å². The molecule has 0 spiro atoms. The van der Waals surface area contributed by atoms with Crippen LogP contribution in [0.1, 0.15) is 52.0 Å². The largest absolute Gasteiger partial charge is 0.385 e. The molecule has 1 aromatic carbocycles. The van der Waals surface area contributed by atoms with Crippen LogP contribution in [0.2, 0.25) is 0 Å². The van der Waals surface area contributed by atoms with Crippen LogP contribution in [0, 0.1) is 23.0 Å². The lowest BCUT2D eigenvalue weighted by Crippen LogP contribution is -2.45. The molecule has 1 aliphatic rings. The second-order valence-corrected chi connectivity index (χ2v) is 6.71. The molecule has 0 aromatic heterocycles. The summed E-state index contributed by atoms with van der Waals surface area (Å²) in [5, 5.41) is 11.0. The molecule has 1 saturated carbocycles. The summed E-state index contributed by atoms with van der Waals surface area (Å²) in [5.74, 6) is -1.08. The summed E-state index contributed by atoms with van der Waals surface area (Å²) >= 11 is 0. The lowest BCUT2D eigenvalue weighted by atomic mass is 9.61. The van der Waals surface area contributed by atoms with E-state index in [9.17, 15) is 13.9 Å². The Kier molecular flexibility index (Phi) is 3.69. The van der Waals surface area contributed by atoms with E-state index in [0.717, 1.165) is 37.5 Å². The zero-order chi connectivity index (χ0) is 14.3. The molecule has 0 heterocycles. The van der Waals surface area contributed by atoms with Crippen LogP contribution in [0.3, 0.4) is 0 Å². The lowest BCUT2D eigenvalue weighted by molar-refractivity contribution is -0.0981. The SMILES string of the molecule is CC(C)(C)C1CCCCC1(O)c1cc(F)ccc1F. The van der Waals surface area contributed by atoms with Crippen molar-refractivity contribution < 1.29 is 13.9 Å². The van der Waals surface area contributed by atoms with Crippen LogP contribution >= 0.6 is 0 Å². The fraction of sp³-hybridized carbons (Fsp3) is 0.625. The summed E-state index contributed by atoms with van der Waals surface area (Å²) in [6.45, 7) is 6.14. The number of aliphatic hydroxyl groups is 1. The first-order chi connectivity index (χ1) is 8.75. The summed E-state index contributed by atoms with van der Waals surface area (Å²) in [7, 11) is 0. The molecule has 19 heavy (non-hydrogen) atoms. The van der Waals surface area contributed by atoms with E-state index in [1.807, 2.05) is 20.8 Å². The van der Waals surface area contributed by atoms with Crippen LogP contribution in [-0.2, 0) is 5.60 Å². The van der Waals surface area contributed by atoms with Gasteiger partial charge in [-0.15, -0.1) is 0 Å². The highest BCUT2D eigenvalue weighted by molar-refractivity contribution is 5.27. The summed E-state index contributed by atoms with van der Waals surface area (Å²) in [4.78, 5) is 0. The van der Waals surface area contributed by atoms with Gasteiger partial charge >= 0.3 is 0 Å². The zero-order valence-corrected chi connectivity index (χ0v) is 11.8. The molecule has 1 aliphatic carbocycles. The molecule has 1 aromatic rings. The second kappa shape index (κ2) is 4.86. The van der Waals surface area contributed by atoms with Gasteiger partial charge in [0.2, 0.25) is 0 Å². The number of benzene rings is 1. The van der Waals surface area contributed by atoms with Gasteiger partial charge in [0.25, 0.3) is 0 Å². The standard InChI is InChI=1S/C16H22F2O/c1-15(2,3)14-6-4-5-9-16(14,19)12-10-11(17)7-8-13(12)18/h7-8,10,14,19H,4-6,9H2,1-3H3. The van der Waals surface area contributed by atoms with Crippen LogP contribution in [0.4, 0.5) is 8.78 Å². The first-order valence-electron chi connectivity index (χ1n) is 6.93. The van der Waals surface area contributed by atoms with Gasteiger partial charge in [0.1, 0.15) is 11.6 Å². The summed E-state index contributed by atoms with van der Waals surface area (Å²) in [5.41, 5.74) is -1.29. The molecular formula is C16H22F2O. The molecule has 0 bridgehead atoms.